The third-order valence-corrected chi connectivity index (χ3v) is 7.99. The number of hydrogen-bond donors (Lipinski definition) is 3. The Morgan fingerprint density at radius 2 is 1.58 bits per heavy atom. The van der Waals surface area contributed by atoms with Crippen molar-refractivity contribution in [2.75, 3.05) is 17.2 Å². The minimum atomic E-state index is -0.558. The fourth-order valence-corrected chi connectivity index (χ4v) is 5.21. The van der Waals surface area contributed by atoms with Crippen LogP contribution in [0, 0.1) is 5.82 Å². The first kappa shape index (κ1) is 33.0. The largest absolute Gasteiger partial charge is 0.494 e. The maximum absolute atomic E-state index is 13.5. The van der Waals surface area contributed by atoms with E-state index >= 15 is 0 Å². The highest BCUT2D eigenvalue weighted by atomic mass is 32.2. The Balaban J connectivity index is 1.43. The predicted molar refractivity (Wildman–Crippen MR) is 179 cm³/mol. The van der Waals surface area contributed by atoms with Gasteiger partial charge in [-0.25, -0.2) is 4.39 Å². The van der Waals surface area contributed by atoms with Crippen molar-refractivity contribution in [3.05, 3.63) is 126 Å². The molecule has 232 valence electrons. The zero-order valence-electron chi connectivity index (χ0n) is 25.2. The summed E-state index contributed by atoms with van der Waals surface area (Å²) in [5.41, 5.74) is 2.07. The van der Waals surface area contributed by atoms with E-state index in [2.05, 4.69) is 22.9 Å². The van der Waals surface area contributed by atoms with E-state index in [0.717, 1.165) is 23.5 Å². The third-order valence-electron chi connectivity index (χ3n) is 6.63. The topological polar surface area (TPSA) is 96.5 Å². The molecular weight excluding hydrogens is 589 g/mol. The van der Waals surface area contributed by atoms with Crippen LogP contribution in [0.4, 0.5) is 15.8 Å². The lowest BCUT2D eigenvalue weighted by Gasteiger charge is -2.16. The van der Waals surface area contributed by atoms with Crippen molar-refractivity contribution in [3.8, 4) is 5.75 Å². The van der Waals surface area contributed by atoms with Crippen molar-refractivity contribution < 1.29 is 23.5 Å². The molecule has 3 amide bonds. The summed E-state index contributed by atoms with van der Waals surface area (Å²) < 4.78 is 19.2. The number of hydrogen-bond acceptors (Lipinski definition) is 5. The lowest BCUT2D eigenvalue weighted by atomic mass is 10.1. The van der Waals surface area contributed by atoms with Gasteiger partial charge in [-0.1, -0.05) is 56.7 Å². The van der Waals surface area contributed by atoms with E-state index in [-0.39, 0.29) is 16.9 Å². The van der Waals surface area contributed by atoms with Crippen LogP contribution < -0.4 is 20.7 Å². The van der Waals surface area contributed by atoms with Crippen molar-refractivity contribution in [2.45, 2.75) is 43.3 Å². The van der Waals surface area contributed by atoms with Gasteiger partial charge in [-0.05, 0) is 91.2 Å². The molecule has 0 saturated carbocycles. The van der Waals surface area contributed by atoms with E-state index in [1.54, 1.807) is 48.5 Å². The van der Waals surface area contributed by atoms with Crippen molar-refractivity contribution >= 4 is 46.9 Å². The average Bonchev–Trinajstić information content (AvgIpc) is 3.05. The summed E-state index contributed by atoms with van der Waals surface area (Å²) in [5, 5.41) is 8.10. The van der Waals surface area contributed by atoms with Crippen LogP contribution in [0.2, 0.25) is 0 Å². The molecule has 4 aromatic carbocycles. The Hall–Kier alpha value is -4.89. The summed E-state index contributed by atoms with van der Waals surface area (Å²) in [5.74, 6) is -0.802. The standard InChI is InChI=1S/C36H36FN3O4S/c1-3-5-22-44-30-20-18-28(19-21-30)38-36(43)33(4-2)45-31-13-9-12-29(24-31)39-35(42)32(23-25-14-16-27(37)17-15-25)40-34(41)26-10-7-6-8-11-26/h6-21,23-24,33H,3-5,22H2,1-2H3,(H,38,43)(H,39,42)(H,40,41)/b32-23-. The van der Waals surface area contributed by atoms with Crippen molar-refractivity contribution in [1.82, 2.24) is 5.32 Å². The van der Waals surface area contributed by atoms with Crippen molar-refractivity contribution in [1.29, 1.82) is 0 Å². The second-order valence-corrected chi connectivity index (χ2v) is 11.4. The number of carbonyl (C=O) groups is 3. The van der Waals surface area contributed by atoms with Crippen LogP contribution in [-0.4, -0.2) is 29.6 Å². The fraction of sp³-hybridized carbons (Fsp3) is 0.194. The predicted octanol–water partition coefficient (Wildman–Crippen LogP) is 7.92. The van der Waals surface area contributed by atoms with Crippen LogP contribution in [0.15, 0.2) is 114 Å². The normalized spacial score (nSPS) is 11.8. The molecule has 0 spiro atoms. The van der Waals surface area contributed by atoms with Crippen LogP contribution in [0.5, 0.6) is 5.75 Å². The molecule has 0 radical (unpaired) electrons. The lowest BCUT2D eigenvalue weighted by Crippen LogP contribution is -2.30. The van der Waals surface area contributed by atoms with Gasteiger partial charge in [0.15, 0.2) is 0 Å². The molecule has 0 aromatic heterocycles. The third kappa shape index (κ3) is 10.4. The zero-order chi connectivity index (χ0) is 32.0. The maximum atomic E-state index is 13.5. The van der Waals surface area contributed by atoms with Gasteiger partial charge in [-0.3, -0.25) is 14.4 Å². The molecular formula is C36H36FN3O4S. The first-order chi connectivity index (χ1) is 21.8. The number of unbranched alkanes of at least 4 members (excludes halogenated alkanes) is 1. The van der Waals surface area contributed by atoms with Crippen molar-refractivity contribution in [2.24, 2.45) is 0 Å². The van der Waals surface area contributed by atoms with E-state index in [9.17, 15) is 18.8 Å². The molecule has 1 atom stereocenters. The molecule has 1 unspecified atom stereocenters. The number of halogens is 1. The van der Waals surface area contributed by atoms with Gasteiger partial charge in [0, 0.05) is 21.8 Å². The van der Waals surface area contributed by atoms with Crippen LogP contribution in [0.1, 0.15) is 49.0 Å². The second kappa shape index (κ2) is 16.8. The number of rotatable bonds is 14. The number of thioether (sulfide) groups is 1. The number of ether oxygens (including phenoxy) is 1. The molecule has 0 aliphatic heterocycles. The number of benzene rings is 4. The molecule has 0 aliphatic rings. The highest BCUT2D eigenvalue weighted by Gasteiger charge is 2.19. The minimum absolute atomic E-state index is 0.0129. The van der Waals surface area contributed by atoms with Crippen LogP contribution in [-0.2, 0) is 9.59 Å². The summed E-state index contributed by atoms with van der Waals surface area (Å²) in [6, 6.07) is 28.6. The van der Waals surface area contributed by atoms with Gasteiger partial charge in [-0.15, -0.1) is 11.8 Å². The van der Waals surface area contributed by atoms with Gasteiger partial charge in [0.1, 0.15) is 17.3 Å². The highest BCUT2D eigenvalue weighted by Crippen LogP contribution is 2.29. The van der Waals surface area contributed by atoms with Gasteiger partial charge in [0.25, 0.3) is 11.8 Å². The monoisotopic (exact) mass is 625 g/mol. The van der Waals surface area contributed by atoms with E-state index in [1.807, 2.05) is 37.3 Å². The molecule has 4 rings (SSSR count). The summed E-state index contributed by atoms with van der Waals surface area (Å²) in [7, 11) is 0. The van der Waals surface area contributed by atoms with E-state index in [1.165, 1.54) is 42.1 Å². The van der Waals surface area contributed by atoms with Gasteiger partial charge in [0.05, 0.1) is 11.9 Å². The molecule has 0 heterocycles. The first-order valence-corrected chi connectivity index (χ1v) is 15.7. The summed E-state index contributed by atoms with van der Waals surface area (Å²) in [4.78, 5) is 40.2. The zero-order valence-corrected chi connectivity index (χ0v) is 26.0. The minimum Gasteiger partial charge on any atom is -0.494 e. The lowest BCUT2D eigenvalue weighted by molar-refractivity contribution is -0.116. The smallest absolute Gasteiger partial charge is 0.272 e. The fourth-order valence-electron chi connectivity index (χ4n) is 4.19. The summed E-state index contributed by atoms with van der Waals surface area (Å²) >= 11 is 1.39. The van der Waals surface area contributed by atoms with Gasteiger partial charge in [0.2, 0.25) is 5.91 Å². The number of carbonyl (C=O) groups excluding carboxylic acids is 3. The Kier molecular flexibility index (Phi) is 12.3. The van der Waals surface area contributed by atoms with Crippen LogP contribution in [0.25, 0.3) is 6.08 Å². The second-order valence-electron chi connectivity index (χ2n) is 10.1. The molecule has 45 heavy (non-hydrogen) atoms. The van der Waals surface area contributed by atoms with Gasteiger partial charge in [-0.2, -0.15) is 0 Å². The molecule has 7 nitrogen and oxygen atoms in total. The highest BCUT2D eigenvalue weighted by molar-refractivity contribution is 8.00. The Bertz CT molecular complexity index is 1610. The van der Waals surface area contributed by atoms with Gasteiger partial charge >= 0.3 is 0 Å². The number of anilines is 2. The average molecular weight is 626 g/mol. The molecule has 4 aromatic rings. The molecule has 0 fully saturated rings. The van der Waals surface area contributed by atoms with Crippen LogP contribution in [0.3, 0.4) is 0 Å². The van der Waals surface area contributed by atoms with E-state index in [4.69, 9.17) is 4.74 Å². The van der Waals surface area contributed by atoms with E-state index in [0.29, 0.717) is 35.5 Å². The summed E-state index contributed by atoms with van der Waals surface area (Å²) in [6.45, 7) is 4.70. The van der Waals surface area contributed by atoms with Crippen molar-refractivity contribution in [3.63, 3.8) is 0 Å². The van der Waals surface area contributed by atoms with Gasteiger partial charge < -0.3 is 20.7 Å². The number of nitrogens with one attached hydrogen (secondary N) is 3. The molecule has 3 N–H and O–H groups in total. The molecule has 0 bridgehead atoms. The molecule has 9 heteroatoms. The SMILES string of the molecule is CCCCOc1ccc(NC(=O)C(CC)Sc2cccc(NC(=O)/C(=C/c3ccc(F)cc3)NC(=O)c3ccccc3)c2)cc1. The quantitative estimate of drug-likeness (QED) is 0.0752. The molecule has 0 aliphatic carbocycles. The first-order valence-electron chi connectivity index (χ1n) is 14.8. The Morgan fingerprint density at radius 3 is 2.27 bits per heavy atom. The van der Waals surface area contributed by atoms with Crippen LogP contribution >= 0.6 is 11.8 Å². The molecule has 0 saturated heterocycles. The summed E-state index contributed by atoms with van der Waals surface area (Å²) in [6.07, 6.45) is 4.11. The Labute approximate surface area is 267 Å². The number of amides is 3. The van der Waals surface area contributed by atoms with E-state index < -0.39 is 17.6 Å². The Morgan fingerprint density at radius 1 is 0.844 bits per heavy atom. The maximum Gasteiger partial charge on any atom is 0.272 e.